The molecule has 0 unspecified atom stereocenters. The van der Waals surface area contributed by atoms with Crippen molar-refractivity contribution in [3.05, 3.63) is 54.1 Å². The molecule has 1 N–H and O–H groups in total. The van der Waals surface area contributed by atoms with Gasteiger partial charge in [0.2, 0.25) is 5.91 Å². The van der Waals surface area contributed by atoms with E-state index >= 15 is 0 Å². The number of amides is 2. The van der Waals surface area contributed by atoms with Crippen molar-refractivity contribution in [3.63, 3.8) is 0 Å². The molecule has 0 aliphatic carbocycles. The Morgan fingerprint density at radius 3 is 2.92 bits per heavy atom. The molecule has 1 aliphatic rings. The average Bonchev–Trinajstić information content (AvgIpc) is 3.56. The van der Waals surface area contributed by atoms with E-state index in [0.29, 0.717) is 24.4 Å². The number of likely N-dealkylation sites (N-methyl/N-ethyl adjacent to an activating group) is 1. The molecule has 5 rings (SSSR count). The summed E-state index contributed by atoms with van der Waals surface area (Å²) in [6.45, 7) is -2.81. The van der Waals surface area contributed by atoms with Gasteiger partial charge in [0.15, 0.2) is 5.65 Å². The fourth-order valence-electron chi connectivity index (χ4n) is 3.83. The van der Waals surface area contributed by atoms with Gasteiger partial charge in [-0.05, 0) is 18.2 Å². The largest absolute Gasteiger partial charge is 0.493 e. The minimum Gasteiger partial charge on any atom is -0.493 e. The van der Waals surface area contributed by atoms with Crippen LogP contribution < -0.4 is 14.8 Å². The molecule has 0 radical (unpaired) electrons. The lowest BCUT2D eigenvalue weighted by atomic mass is 10.0. The summed E-state index contributed by atoms with van der Waals surface area (Å²) < 4.78 is 39.7. The summed E-state index contributed by atoms with van der Waals surface area (Å²) in [6, 6.07) is 4.70. The SMILES string of the molecule is CN(C)C(=O)Cn1cc(NC(=O)c2cnn3cccnc23)c(-c2cc3c(cc2OC(F)F)CCO3)n1. The molecule has 0 saturated carbocycles. The van der Waals surface area contributed by atoms with Gasteiger partial charge in [0.05, 0.1) is 24.1 Å². The van der Waals surface area contributed by atoms with E-state index in [1.807, 2.05) is 0 Å². The maximum atomic E-state index is 13.3. The first-order chi connectivity index (χ1) is 17.3. The molecule has 1 aliphatic heterocycles. The predicted octanol–water partition coefficient (Wildman–Crippen LogP) is 2.47. The van der Waals surface area contributed by atoms with E-state index in [-0.39, 0.29) is 40.7 Å². The van der Waals surface area contributed by atoms with Gasteiger partial charge in [-0.2, -0.15) is 19.0 Å². The van der Waals surface area contributed by atoms with Gasteiger partial charge in [-0.25, -0.2) is 9.50 Å². The van der Waals surface area contributed by atoms with Crippen molar-refractivity contribution in [1.82, 2.24) is 29.3 Å². The first-order valence-corrected chi connectivity index (χ1v) is 10.9. The minimum atomic E-state index is -3.08. The number of ether oxygens (including phenoxy) is 2. The quantitative estimate of drug-likeness (QED) is 0.417. The maximum absolute atomic E-state index is 13.3. The molecule has 0 atom stereocenters. The number of anilines is 1. The van der Waals surface area contributed by atoms with Crippen LogP contribution in [-0.2, 0) is 17.8 Å². The Morgan fingerprint density at radius 1 is 1.31 bits per heavy atom. The van der Waals surface area contributed by atoms with E-state index in [2.05, 4.69) is 20.5 Å². The number of carbonyl (C=O) groups excluding carboxylic acids is 2. The van der Waals surface area contributed by atoms with Crippen molar-refractivity contribution in [1.29, 1.82) is 0 Å². The number of benzene rings is 1. The van der Waals surface area contributed by atoms with Gasteiger partial charge in [0, 0.05) is 44.7 Å². The molecule has 1 aromatic carbocycles. The number of rotatable bonds is 7. The number of hydrogen-bond donors (Lipinski definition) is 1. The van der Waals surface area contributed by atoms with Crippen molar-refractivity contribution in [2.45, 2.75) is 19.6 Å². The van der Waals surface area contributed by atoms with E-state index < -0.39 is 12.5 Å². The normalized spacial score (nSPS) is 12.5. The lowest BCUT2D eigenvalue weighted by Gasteiger charge is -2.13. The zero-order valence-electron chi connectivity index (χ0n) is 19.3. The van der Waals surface area contributed by atoms with Gasteiger partial charge in [0.1, 0.15) is 29.3 Å². The van der Waals surface area contributed by atoms with E-state index in [9.17, 15) is 18.4 Å². The van der Waals surface area contributed by atoms with Crippen LogP contribution >= 0.6 is 0 Å². The van der Waals surface area contributed by atoms with Gasteiger partial charge >= 0.3 is 6.61 Å². The van der Waals surface area contributed by atoms with Crippen LogP contribution in [0.15, 0.2) is 43.0 Å². The second-order valence-electron chi connectivity index (χ2n) is 8.21. The average molecular weight is 497 g/mol. The molecule has 3 aromatic heterocycles. The number of hydrogen-bond acceptors (Lipinski definition) is 7. The highest BCUT2D eigenvalue weighted by Gasteiger charge is 2.25. The molecule has 4 aromatic rings. The van der Waals surface area contributed by atoms with E-state index in [0.717, 1.165) is 5.56 Å². The smallest absolute Gasteiger partial charge is 0.387 e. The first-order valence-electron chi connectivity index (χ1n) is 10.9. The van der Waals surface area contributed by atoms with Crippen LogP contribution in [0, 0.1) is 0 Å². The summed E-state index contributed by atoms with van der Waals surface area (Å²) in [4.78, 5) is 31.0. The highest BCUT2D eigenvalue weighted by Crippen LogP contribution is 2.41. The van der Waals surface area contributed by atoms with Gasteiger partial charge in [0.25, 0.3) is 5.91 Å². The fraction of sp³-hybridized carbons (Fsp3) is 0.261. The second-order valence-corrected chi connectivity index (χ2v) is 8.21. The molecule has 0 bridgehead atoms. The van der Waals surface area contributed by atoms with Crippen molar-refractivity contribution in [2.75, 3.05) is 26.0 Å². The minimum absolute atomic E-state index is 0.119. The highest BCUT2D eigenvalue weighted by atomic mass is 19.3. The summed E-state index contributed by atoms with van der Waals surface area (Å²) >= 11 is 0. The summed E-state index contributed by atoms with van der Waals surface area (Å²) in [5.41, 5.74) is 1.74. The van der Waals surface area contributed by atoms with Gasteiger partial charge in [-0.3, -0.25) is 14.3 Å². The lowest BCUT2D eigenvalue weighted by Crippen LogP contribution is -2.26. The van der Waals surface area contributed by atoms with E-state index in [1.165, 1.54) is 38.8 Å². The zero-order chi connectivity index (χ0) is 25.4. The molecular weight excluding hydrogens is 476 g/mol. The van der Waals surface area contributed by atoms with E-state index in [1.54, 1.807) is 32.4 Å². The third-order valence-corrected chi connectivity index (χ3v) is 5.59. The third kappa shape index (κ3) is 4.42. The number of carbonyl (C=O) groups is 2. The summed E-state index contributed by atoms with van der Waals surface area (Å²) in [7, 11) is 3.19. The van der Waals surface area contributed by atoms with E-state index in [4.69, 9.17) is 9.47 Å². The zero-order valence-corrected chi connectivity index (χ0v) is 19.3. The standard InChI is InChI=1S/C23H21F2N7O4/c1-30(2)19(33)12-31-11-16(28-22(34)15-10-27-32-6-3-5-26-21(15)32)20(29-31)14-9-17-13(4-7-35-17)8-18(14)36-23(24)25/h3,5-6,8-11,23H,4,7,12H2,1-2H3,(H,28,34). The molecule has 13 heteroatoms. The van der Waals surface area contributed by atoms with Crippen LogP contribution in [0.3, 0.4) is 0 Å². The van der Waals surface area contributed by atoms with Gasteiger partial charge in [-0.15, -0.1) is 0 Å². The Hall–Kier alpha value is -4.55. The Kier molecular flexibility index (Phi) is 5.96. The predicted molar refractivity (Wildman–Crippen MR) is 123 cm³/mol. The van der Waals surface area contributed by atoms with Crippen molar-refractivity contribution < 1.29 is 27.8 Å². The molecule has 4 heterocycles. The molecule has 36 heavy (non-hydrogen) atoms. The molecule has 11 nitrogen and oxygen atoms in total. The van der Waals surface area contributed by atoms with Crippen LogP contribution in [0.5, 0.6) is 11.5 Å². The number of halogens is 2. The first kappa shape index (κ1) is 23.2. The summed E-state index contributed by atoms with van der Waals surface area (Å²) in [5, 5.41) is 11.3. The number of alkyl halides is 2. The van der Waals surface area contributed by atoms with Crippen LogP contribution in [0.4, 0.5) is 14.5 Å². The number of fused-ring (bicyclic) bond motifs is 2. The summed E-state index contributed by atoms with van der Waals surface area (Å²) in [5.74, 6) is -0.409. The number of nitrogens with one attached hydrogen (secondary N) is 1. The fourth-order valence-corrected chi connectivity index (χ4v) is 3.83. The molecule has 0 saturated heterocycles. The Morgan fingerprint density at radius 2 is 2.14 bits per heavy atom. The second kappa shape index (κ2) is 9.24. The van der Waals surface area contributed by atoms with Crippen LogP contribution in [0.1, 0.15) is 15.9 Å². The molecular formula is C23H21F2N7O4. The lowest BCUT2D eigenvalue weighted by molar-refractivity contribution is -0.129. The van der Waals surface area contributed by atoms with Crippen molar-refractivity contribution in [2.24, 2.45) is 0 Å². The van der Waals surface area contributed by atoms with Crippen LogP contribution in [-0.4, -0.2) is 68.4 Å². The number of aromatic nitrogens is 5. The maximum Gasteiger partial charge on any atom is 0.387 e. The Balaban J connectivity index is 1.58. The molecule has 0 spiro atoms. The number of nitrogens with zero attached hydrogens (tertiary/aromatic N) is 6. The molecule has 0 fully saturated rings. The molecule has 2 amide bonds. The van der Waals surface area contributed by atoms with Crippen LogP contribution in [0.2, 0.25) is 0 Å². The Labute approximate surface area is 203 Å². The monoisotopic (exact) mass is 497 g/mol. The third-order valence-electron chi connectivity index (χ3n) is 5.59. The molecule has 186 valence electrons. The Bertz CT molecular complexity index is 1460. The topological polar surface area (TPSA) is 116 Å². The highest BCUT2D eigenvalue weighted by molar-refractivity contribution is 6.09. The van der Waals surface area contributed by atoms with Gasteiger partial charge < -0.3 is 19.7 Å². The van der Waals surface area contributed by atoms with Crippen molar-refractivity contribution in [3.8, 4) is 22.8 Å². The summed E-state index contributed by atoms with van der Waals surface area (Å²) in [6.07, 6.45) is 6.54. The van der Waals surface area contributed by atoms with Crippen molar-refractivity contribution >= 4 is 23.1 Å². The van der Waals surface area contributed by atoms with Gasteiger partial charge in [-0.1, -0.05) is 0 Å². The van der Waals surface area contributed by atoms with Crippen LogP contribution in [0.25, 0.3) is 16.9 Å².